The lowest BCUT2D eigenvalue weighted by atomic mass is 9.78. The summed E-state index contributed by atoms with van der Waals surface area (Å²) >= 11 is 0. The first kappa shape index (κ1) is 27.5. The number of nitrogens with zero attached hydrogens (tertiary/aromatic N) is 1. The minimum absolute atomic E-state index is 0.00631. The van der Waals surface area contributed by atoms with Gasteiger partial charge in [0.05, 0.1) is 11.8 Å². The second-order valence-corrected chi connectivity index (χ2v) is 8.84. The number of carboxylic acids is 2. The number of carboxylic acid groups (broad SMARTS) is 2. The number of nitrogens with one attached hydrogen (secondary N) is 1. The van der Waals surface area contributed by atoms with Crippen LogP contribution in [0.25, 0.3) is 0 Å². The van der Waals surface area contributed by atoms with E-state index in [0.29, 0.717) is 6.54 Å². The molecule has 3 N–H and O–H groups in total. The Kier molecular flexibility index (Phi) is 13.9. The van der Waals surface area contributed by atoms with Crippen LogP contribution in [0.3, 0.4) is 0 Å². The summed E-state index contributed by atoms with van der Waals surface area (Å²) in [6, 6.07) is 0. The molecule has 0 amide bonds. The second kappa shape index (κ2) is 16.2. The van der Waals surface area contributed by atoms with Gasteiger partial charge < -0.3 is 20.4 Å². The molecule has 2 aliphatic heterocycles. The number of carbonyl (C=O) groups is 2. The molecule has 0 aromatic carbocycles. The average molecular weight is 447 g/mol. The van der Waals surface area contributed by atoms with Crippen molar-refractivity contribution in [2.75, 3.05) is 6.54 Å². The molecule has 0 fully saturated rings. The molecule has 0 aromatic rings. The van der Waals surface area contributed by atoms with Gasteiger partial charge in [-0.2, -0.15) is 0 Å². The highest BCUT2D eigenvalue weighted by Gasteiger charge is 2.34. The molecule has 180 valence electrons. The van der Waals surface area contributed by atoms with Crippen LogP contribution >= 0.6 is 0 Å². The van der Waals surface area contributed by atoms with Gasteiger partial charge in [0, 0.05) is 6.54 Å². The van der Waals surface area contributed by atoms with Gasteiger partial charge in [-0.3, -0.25) is 9.59 Å². The molecule has 0 radical (unpaired) electrons. The SMILES string of the molecule is C1=CNC=CC1.CCCCCCC(C)C(CC(C(=O)O)C(C)CN1C=CCC=C1)C(=O)O. The van der Waals surface area contributed by atoms with Crippen LogP contribution in [0.15, 0.2) is 49.1 Å². The number of dihydropyridines is 1. The summed E-state index contributed by atoms with van der Waals surface area (Å²) in [5.74, 6) is -3.16. The molecule has 6 nitrogen and oxygen atoms in total. The van der Waals surface area contributed by atoms with E-state index in [4.69, 9.17) is 0 Å². The molecule has 0 bridgehead atoms. The molecule has 6 heteroatoms. The van der Waals surface area contributed by atoms with Crippen LogP contribution in [0.2, 0.25) is 0 Å². The first-order chi connectivity index (χ1) is 15.4. The number of aliphatic carboxylic acids is 2. The number of rotatable bonds is 13. The van der Waals surface area contributed by atoms with Crippen molar-refractivity contribution in [2.45, 2.75) is 72.1 Å². The molecular formula is C26H42N2O4. The second-order valence-electron chi connectivity index (χ2n) is 8.84. The van der Waals surface area contributed by atoms with Crippen molar-refractivity contribution in [3.05, 3.63) is 49.1 Å². The van der Waals surface area contributed by atoms with Crippen molar-refractivity contribution < 1.29 is 19.8 Å². The normalized spacial score (nSPS) is 18.2. The zero-order valence-electron chi connectivity index (χ0n) is 20.0. The van der Waals surface area contributed by atoms with Gasteiger partial charge in [-0.25, -0.2) is 0 Å². The Morgan fingerprint density at radius 1 is 0.875 bits per heavy atom. The molecule has 0 aromatic heterocycles. The highest BCUT2D eigenvalue weighted by atomic mass is 16.4. The molecule has 0 aliphatic carbocycles. The molecule has 0 saturated heterocycles. The maximum Gasteiger partial charge on any atom is 0.306 e. The van der Waals surface area contributed by atoms with Crippen LogP contribution in [0, 0.1) is 23.7 Å². The largest absolute Gasteiger partial charge is 0.481 e. The Bertz CT molecular complexity index is 637. The fraction of sp³-hybridized carbons (Fsp3) is 0.615. The van der Waals surface area contributed by atoms with Gasteiger partial charge >= 0.3 is 11.9 Å². The summed E-state index contributed by atoms with van der Waals surface area (Å²) in [6.45, 7) is 6.58. The Hall–Kier alpha value is -2.50. The summed E-state index contributed by atoms with van der Waals surface area (Å²) in [4.78, 5) is 25.6. The molecule has 4 unspecified atom stereocenters. The van der Waals surface area contributed by atoms with Gasteiger partial charge in [-0.05, 0) is 62.3 Å². The lowest BCUT2D eigenvalue weighted by Crippen LogP contribution is -2.34. The van der Waals surface area contributed by atoms with E-state index in [9.17, 15) is 19.8 Å². The third kappa shape index (κ3) is 11.2. The standard InChI is InChI=1S/C21H35NO4.C5H7N/c1-4-5-6-8-11-16(2)18(20(23)24)14-19(21(25)26)17(3)15-22-12-9-7-10-13-22;1-2-4-6-5-3-1/h9-10,12-13,16-19H,4-8,11,14-15H2,1-3H3,(H,23,24)(H,25,26);2-6H,1H2. The summed E-state index contributed by atoms with van der Waals surface area (Å²) in [6.07, 6.45) is 23.4. The van der Waals surface area contributed by atoms with Crippen LogP contribution in [0.4, 0.5) is 0 Å². The van der Waals surface area contributed by atoms with Gasteiger partial charge in [-0.1, -0.05) is 70.8 Å². The van der Waals surface area contributed by atoms with Crippen molar-refractivity contribution in [1.82, 2.24) is 10.2 Å². The lowest BCUT2D eigenvalue weighted by Gasteiger charge is -2.29. The molecule has 0 saturated carbocycles. The van der Waals surface area contributed by atoms with E-state index in [2.05, 4.69) is 24.4 Å². The highest BCUT2D eigenvalue weighted by Crippen LogP contribution is 2.30. The first-order valence-corrected chi connectivity index (χ1v) is 12.0. The fourth-order valence-electron chi connectivity index (χ4n) is 4.03. The number of hydrogen-bond acceptors (Lipinski definition) is 4. The summed E-state index contributed by atoms with van der Waals surface area (Å²) < 4.78 is 0. The summed E-state index contributed by atoms with van der Waals surface area (Å²) in [5.41, 5.74) is 0. The molecule has 2 heterocycles. The van der Waals surface area contributed by atoms with Gasteiger partial charge in [0.15, 0.2) is 0 Å². The van der Waals surface area contributed by atoms with Gasteiger partial charge in [-0.15, -0.1) is 0 Å². The topological polar surface area (TPSA) is 89.9 Å². The number of allylic oxidation sites excluding steroid dienone is 4. The summed E-state index contributed by atoms with van der Waals surface area (Å²) in [5, 5.41) is 22.3. The Labute approximate surface area is 193 Å². The van der Waals surface area contributed by atoms with Crippen LogP contribution in [-0.2, 0) is 9.59 Å². The third-order valence-corrected chi connectivity index (χ3v) is 6.09. The molecule has 2 rings (SSSR count). The van der Waals surface area contributed by atoms with Crippen molar-refractivity contribution in [2.24, 2.45) is 23.7 Å². The number of hydrogen-bond donors (Lipinski definition) is 3. The van der Waals surface area contributed by atoms with E-state index in [1.165, 1.54) is 0 Å². The maximum atomic E-state index is 11.8. The van der Waals surface area contributed by atoms with Crippen molar-refractivity contribution in [3.8, 4) is 0 Å². The van der Waals surface area contributed by atoms with Gasteiger partial charge in [0.1, 0.15) is 0 Å². The minimum Gasteiger partial charge on any atom is -0.481 e. The molecule has 2 aliphatic rings. The van der Waals surface area contributed by atoms with Crippen LogP contribution in [-0.4, -0.2) is 33.6 Å². The zero-order chi connectivity index (χ0) is 23.8. The average Bonchev–Trinajstić information content (AvgIpc) is 2.78. The van der Waals surface area contributed by atoms with E-state index < -0.39 is 23.8 Å². The summed E-state index contributed by atoms with van der Waals surface area (Å²) in [7, 11) is 0. The third-order valence-electron chi connectivity index (χ3n) is 6.09. The lowest BCUT2D eigenvalue weighted by molar-refractivity contribution is -0.148. The first-order valence-electron chi connectivity index (χ1n) is 12.0. The molecular weight excluding hydrogens is 404 g/mol. The van der Waals surface area contributed by atoms with Crippen LogP contribution < -0.4 is 5.32 Å². The number of unbranched alkanes of at least 4 members (excludes halogenated alkanes) is 3. The van der Waals surface area contributed by atoms with Gasteiger partial charge in [0.2, 0.25) is 0 Å². The van der Waals surface area contributed by atoms with Crippen molar-refractivity contribution in [3.63, 3.8) is 0 Å². The highest BCUT2D eigenvalue weighted by molar-refractivity contribution is 5.74. The van der Waals surface area contributed by atoms with Crippen LogP contribution in [0.5, 0.6) is 0 Å². The molecule has 0 spiro atoms. The molecule has 4 atom stereocenters. The minimum atomic E-state index is -0.896. The quantitative estimate of drug-likeness (QED) is 0.312. The van der Waals surface area contributed by atoms with E-state index in [1.54, 1.807) is 0 Å². The van der Waals surface area contributed by atoms with Crippen molar-refractivity contribution in [1.29, 1.82) is 0 Å². The Morgan fingerprint density at radius 3 is 1.91 bits per heavy atom. The zero-order valence-corrected chi connectivity index (χ0v) is 20.0. The maximum absolute atomic E-state index is 11.8. The predicted molar refractivity (Wildman–Crippen MR) is 130 cm³/mol. The van der Waals surface area contributed by atoms with E-state index in [-0.39, 0.29) is 18.3 Å². The van der Waals surface area contributed by atoms with E-state index in [0.717, 1.165) is 44.9 Å². The van der Waals surface area contributed by atoms with Gasteiger partial charge in [0.25, 0.3) is 0 Å². The predicted octanol–water partition coefficient (Wildman–Crippen LogP) is 5.76. The van der Waals surface area contributed by atoms with Crippen LogP contribution in [0.1, 0.15) is 72.1 Å². The molecule has 32 heavy (non-hydrogen) atoms. The van der Waals surface area contributed by atoms with E-state index >= 15 is 0 Å². The fourth-order valence-corrected chi connectivity index (χ4v) is 4.03. The monoisotopic (exact) mass is 446 g/mol. The Morgan fingerprint density at radius 2 is 1.44 bits per heavy atom. The van der Waals surface area contributed by atoms with Crippen molar-refractivity contribution >= 4 is 11.9 Å². The van der Waals surface area contributed by atoms with E-state index in [1.807, 2.05) is 55.7 Å². The smallest absolute Gasteiger partial charge is 0.306 e. The Balaban J connectivity index is 0.000000730.